The van der Waals surface area contributed by atoms with Crippen LogP contribution in [0.25, 0.3) is 11.0 Å². The van der Waals surface area contributed by atoms with Crippen molar-refractivity contribution in [3.05, 3.63) is 6.20 Å². The number of nitrogens with one attached hydrogen (secondary N) is 2. The van der Waals surface area contributed by atoms with Crippen molar-refractivity contribution in [3.8, 4) is 0 Å². The zero-order chi connectivity index (χ0) is 14.1. The van der Waals surface area contributed by atoms with Gasteiger partial charge in [-0.1, -0.05) is 0 Å². The zero-order valence-corrected chi connectivity index (χ0v) is 11.8. The second-order valence-corrected chi connectivity index (χ2v) is 5.26. The highest BCUT2D eigenvalue weighted by molar-refractivity contribution is 5.87. The maximum absolute atomic E-state index is 5.43. The number of piperazine rings is 1. The average molecular weight is 276 g/mol. The van der Waals surface area contributed by atoms with Gasteiger partial charge in [0.25, 0.3) is 0 Å². The maximum Gasteiger partial charge on any atom is 0.241 e. The van der Waals surface area contributed by atoms with Crippen LogP contribution in [-0.4, -0.2) is 57.3 Å². The number of hydrogen-bond acceptors (Lipinski definition) is 7. The van der Waals surface area contributed by atoms with E-state index in [2.05, 4.69) is 49.2 Å². The Morgan fingerprint density at radius 2 is 2.00 bits per heavy atom. The first kappa shape index (κ1) is 13.1. The van der Waals surface area contributed by atoms with Gasteiger partial charge in [-0.15, -0.1) is 0 Å². The number of aromatic nitrogens is 4. The van der Waals surface area contributed by atoms with Crippen molar-refractivity contribution in [1.82, 2.24) is 25.1 Å². The van der Waals surface area contributed by atoms with E-state index < -0.39 is 0 Å². The number of nitrogens with zero attached hydrogens (tertiary/aromatic N) is 5. The van der Waals surface area contributed by atoms with Crippen LogP contribution in [0.1, 0.15) is 13.8 Å². The number of hydrazine groups is 1. The molecule has 0 bridgehead atoms. The van der Waals surface area contributed by atoms with Gasteiger partial charge in [0.2, 0.25) is 5.95 Å². The third kappa shape index (κ3) is 2.27. The second-order valence-electron chi connectivity index (χ2n) is 5.26. The third-order valence-corrected chi connectivity index (χ3v) is 3.76. The number of aromatic amines is 1. The standard InChI is InChI=1S/C12H20N8/c1-8(2)19-3-5-20(6-4-19)11-9-7-14-18-10(9)15-12(16-11)17-13/h7-8H,3-6,13H2,1-2H3,(H2,14,15,16,17,18). The van der Waals surface area contributed by atoms with Gasteiger partial charge in [0.05, 0.1) is 11.6 Å². The Morgan fingerprint density at radius 3 is 2.65 bits per heavy atom. The molecule has 0 unspecified atom stereocenters. The van der Waals surface area contributed by atoms with E-state index in [1.807, 2.05) is 0 Å². The largest absolute Gasteiger partial charge is 0.353 e. The highest BCUT2D eigenvalue weighted by Gasteiger charge is 2.22. The van der Waals surface area contributed by atoms with E-state index in [1.165, 1.54) is 0 Å². The highest BCUT2D eigenvalue weighted by atomic mass is 15.4. The van der Waals surface area contributed by atoms with Crippen LogP contribution in [0, 0.1) is 0 Å². The Balaban J connectivity index is 1.88. The summed E-state index contributed by atoms with van der Waals surface area (Å²) in [6.45, 7) is 8.41. The summed E-state index contributed by atoms with van der Waals surface area (Å²) in [5, 5.41) is 7.84. The first-order valence-corrected chi connectivity index (χ1v) is 6.86. The number of H-pyrrole nitrogens is 1. The molecule has 0 saturated carbocycles. The summed E-state index contributed by atoms with van der Waals surface area (Å²) < 4.78 is 0. The molecule has 4 N–H and O–H groups in total. The van der Waals surface area contributed by atoms with Crippen molar-refractivity contribution in [3.63, 3.8) is 0 Å². The average Bonchev–Trinajstić information content (AvgIpc) is 2.94. The summed E-state index contributed by atoms with van der Waals surface area (Å²) in [6, 6.07) is 0.581. The lowest BCUT2D eigenvalue weighted by Gasteiger charge is -2.37. The molecule has 0 aromatic carbocycles. The van der Waals surface area contributed by atoms with E-state index in [-0.39, 0.29) is 0 Å². The summed E-state index contributed by atoms with van der Waals surface area (Å²) >= 11 is 0. The van der Waals surface area contributed by atoms with Gasteiger partial charge in [0, 0.05) is 32.2 Å². The van der Waals surface area contributed by atoms with E-state index in [0.29, 0.717) is 17.6 Å². The molecule has 20 heavy (non-hydrogen) atoms. The molecule has 0 atom stereocenters. The molecular formula is C12H20N8. The number of fused-ring (bicyclic) bond motifs is 1. The fourth-order valence-electron chi connectivity index (χ4n) is 2.58. The van der Waals surface area contributed by atoms with Gasteiger partial charge in [-0.25, -0.2) is 5.84 Å². The van der Waals surface area contributed by atoms with Crippen LogP contribution in [0.4, 0.5) is 11.8 Å². The first-order chi connectivity index (χ1) is 9.69. The number of nitrogens with two attached hydrogens (primary N) is 1. The van der Waals surface area contributed by atoms with Crippen LogP contribution in [0.15, 0.2) is 6.20 Å². The predicted octanol–water partition coefficient (Wildman–Crippen LogP) is 0.169. The lowest BCUT2D eigenvalue weighted by Crippen LogP contribution is -2.49. The van der Waals surface area contributed by atoms with Gasteiger partial charge in [-0.2, -0.15) is 15.1 Å². The van der Waals surface area contributed by atoms with Crippen LogP contribution < -0.4 is 16.2 Å². The topological polar surface area (TPSA) is 99.0 Å². The number of nitrogen functional groups attached to an aromatic ring is 1. The third-order valence-electron chi connectivity index (χ3n) is 3.76. The fraction of sp³-hybridized carbons (Fsp3) is 0.583. The van der Waals surface area contributed by atoms with Crippen LogP contribution >= 0.6 is 0 Å². The van der Waals surface area contributed by atoms with Gasteiger partial charge >= 0.3 is 0 Å². The van der Waals surface area contributed by atoms with Crippen LogP contribution in [0.3, 0.4) is 0 Å². The van der Waals surface area contributed by atoms with Crippen molar-refractivity contribution < 1.29 is 0 Å². The van der Waals surface area contributed by atoms with Gasteiger partial charge in [-0.05, 0) is 13.8 Å². The molecule has 8 heteroatoms. The van der Waals surface area contributed by atoms with Crippen LogP contribution in [0.2, 0.25) is 0 Å². The van der Waals surface area contributed by atoms with Gasteiger partial charge in [0.1, 0.15) is 5.82 Å². The van der Waals surface area contributed by atoms with E-state index in [4.69, 9.17) is 5.84 Å². The Labute approximate surface area is 117 Å². The molecule has 0 radical (unpaired) electrons. The van der Waals surface area contributed by atoms with Crippen molar-refractivity contribution in [2.75, 3.05) is 36.5 Å². The number of hydrogen-bond donors (Lipinski definition) is 3. The molecule has 108 valence electrons. The lowest BCUT2D eigenvalue weighted by molar-refractivity contribution is 0.209. The minimum absolute atomic E-state index is 0.406. The summed E-state index contributed by atoms with van der Waals surface area (Å²) in [6.07, 6.45) is 1.76. The molecule has 1 aliphatic heterocycles. The summed E-state index contributed by atoms with van der Waals surface area (Å²) in [7, 11) is 0. The smallest absolute Gasteiger partial charge is 0.241 e. The Kier molecular flexibility index (Phi) is 3.41. The second kappa shape index (κ2) is 5.22. The van der Waals surface area contributed by atoms with Gasteiger partial charge in [-0.3, -0.25) is 15.4 Å². The lowest BCUT2D eigenvalue weighted by atomic mass is 10.2. The molecule has 1 saturated heterocycles. The van der Waals surface area contributed by atoms with Crippen LogP contribution in [0.5, 0.6) is 0 Å². The van der Waals surface area contributed by atoms with Crippen molar-refractivity contribution in [2.45, 2.75) is 19.9 Å². The molecule has 1 fully saturated rings. The van der Waals surface area contributed by atoms with E-state index in [1.54, 1.807) is 6.20 Å². The van der Waals surface area contributed by atoms with Gasteiger partial charge in [0.15, 0.2) is 5.65 Å². The molecule has 8 nitrogen and oxygen atoms in total. The van der Waals surface area contributed by atoms with Crippen molar-refractivity contribution in [1.29, 1.82) is 0 Å². The Bertz CT molecular complexity index is 584. The van der Waals surface area contributed by atoms with E-state index in [0.717, 1.165) is 37.4 Å². The Morgan fingerprint density at radius 1 is 1.25 bits per heavy atom. The van der Waals surface area contributed by atoms with Crippen LogP contribution in [-0.2, 0) is 0 Å². The van der Waals surface area contributed by atoms with E-state index in [9.17, 15) is 0 Å². The molecule has 3 rings (SSSR count). The predicted molar refractivity (Wildman–Crippen MR) is 78.4 cm³/mol. The maximum atomic E-state index is 5.43. The molecule has 2 aromatic rings. The highest BCUT2D eigenvalue weighted by Crippen LogP contribution is 2.24. The van der Waals surface area contributed by atoms with Crippen molar-refractivity contribution >= 4 is 22.8 Å². The van der Waals surface area contributed by atoms with Crippen molar-refractivity contribution in [2.24, 2.45) is 5.84 Å². The molecular weight excluding hydrogens is 256 g/mol. The molecule has 0 aliphatic carbocycles. The van der Waals surface area contributed by atoms with Gasteiger partial charge < -0.3 is 4.90 Å². The molecule has 3 heterocycles. The summed E-state index contributed by atoms with van der Waals surface area (Å²) in [4.78, 5) is 13.5. The molecule has 1 aliphatic rings. The quantitative estimate of drug-likeness (QED) is 0.543. The SMILES string of the molecule is CC(C)N1CCN(c2nc(NN)nc3[nH]ncc23)CC1. The number of rotatable bonds is 3. The summed E-state index contributed by atoms with van der Waals surface area (Å²) in [5.41, 5.74) is 3.21. The minimum atomic E-state index is 0.406. The summed E-state index contributed by atoms with van der Waals surface area (Å²) in [5.74, 6) is 6.73. The normalized spacial score (nSPS) is 17.1. The number of anilines is 2. The monoisotopic (exact) mass is 276 g/mol. The van der Waals surface area contributed by atoms with E-state index >= 15 is 0 Å². The zero-order valence-electron chi connectivity index (χ0n) is 11.8. The first-order valence-electron chi connectivity index (χ1n) is 6.86. The molecule has 0 amide bonds. The minimum Gasteiger partial charge on any atom is -0.353 e. The Hall–Kier alpha value is -1.93. The molecule has 2 aromatic heterocycles. The fourth-order valence-corrected chi connectivity index (χ4v) is 2.58. The molecule has 0 spiro atoms.